The van der Waals surface area contributed by atoms with Gasteiger partial charge in [-0.25, -0.2) is 0 Å². The Kier molecular flexibility index (Phi) is 8.08. The maximum absolute atomic E-state index is 7.29. The summed E-state index contributed by atoms with van der Waals surface area (Å²) >= 11 is 0. The van der Waals surface area contributed by atoms with Crippen molar-refractivity contribution in [2.45, 2.75) is 103 Å². The van der Waals surface area contributed by atoms with Gasteiger partial charge < -0.3 is 16.5 Å². The second kappa shape index (κ2) is 8.71. The molecule has 1 rings (SSSR count). The molecule has 32 heavy (non-hydrogen) atoms. The lowest BCUT2D eigenvalue weighted by Crippen LogP contribution is -2.75. The fourth-order valence-electron chi connectivity index (χ4n) is 3.77. The fourth-order valence-corrected chi connectivity index (χ4v) is 28.1. The van der Waals surface area contributed by atoms with Crippen molar-refractivity contribution in [1.82, 2.24) is 0 Å². The van der Waals surface area contributed by atoms with Crippen LogP contribution in [0, 0.1) is 0 Å². The lowest BCUT2D eigenvalue weighted by Gasteiger charge is -2.60. The molecule has 0 radical (unpaired) electrons. The van der Waals surface area contributed by atoms with Gasteiger partial charge in [-0.15, -0.1) is 26.3 Å². The molecule has 0 amide bonds. The molecule has 0 spiro atoms. The standard InChI is InChI=1S/C24H48O4Si4/c1-17-29(21(5,6)7)25-30(18-2,22(8,9)10)27-32(20-4,24(14,15)16)28-31(19-3,26-29)23(11,12)13/h17-20H,1-4H2,5-16H3. The molecule has 8 heteroatoms. The normalized spacial score (nSPS) is 35.4. The minimum absolute atomic E-state index is 0.321. The average molecular weight is 513 g/mol. The third-order valence-electron chi connectivity index (χ3n) is 6.47. The highest BCUT2D eigenvalue weighted by atomic mass is 28.5. The zero-order chi connectivity index (χ0) is 25.7. The highest BCUT2D eigenvalue weighted by molar-refractivity contribution is 7.01. The van der Waals surface area contributed by atoms with Crippen LogP contribution in [0.2, 0.25) is 20.2 Å². The molecule has 0 bridgehead atoms. The highest BCUT2D eigenvalue weighted by Gasteiger charge is 2.70. The quantitative estimate of drug-likeness (QED) is 0.358. The largest absolute Gasteiger partial charge is 0.409 e. The van der Waals surface area contributed by atoms with E-state index in [-0.39, 0.29) is 20.2 Å². The van der Waals surface area contributed by atoms with Gasteiger partial charge in [-0.3, -0.25) is 0 Å². The molecular formula is C24H48O4Si4. The van der Waals surface area contributed by atoms with Crippen LogP contribution in [0.3, 0.4) is 0 Å². The summed E-state index contributed by atoms with van der Waals surface area (Å²) in [6.07, 6.45) is 0. The van der Waals surface area contributed by atoms with Crippen LogP contribution in [-0.2, 0) is 16.5 Å². The Morgan fingerprint density at radius 3 is 0.562 bits per heavy atom. The number of hydrogen-bond acceptors (Lipinski definition) is 4. The summed E-state index contributed by atoms with van der Waals surface area (Å²) in [6.45, 7) is 42.8. The summed E-state index contributed by atoms with van der Waals surface area (Å²) in [4.78, 5) is 0. The van der Waals surface area contributed by atoms with Gasteiger partial charge in [0.1, 0.15) is 0 Å². The van der Waals surface area contributed by atoms with Gasteiger partial charge in [0.15, 0.2) is 0 Å². The van der Waals surface area contributed by atoms with Gasteiger partial charge in [0.2, 0.25) is 0 Å². The maximum Gasteiger partial charge on any atom is 0.352 e. The Hall–Kier alpha value is -0.332. The van der Waals surface area contributed by atoms with Gasteiger partial charge in [0, 0.05) is 20.2 Å². The van der Waals surface area contributed by atoms with Gasteiger partial charge in [0.05, 0.1) is 0 Å². The van der Waals surface area contributed by atoms with Crippen molar-refractivity contribution in [1.29, 1.82) is 0 Å². The van der Waals surface area contributed by atoms with Crippen LogP contribution < -0.4 is 0 Å². The molecule has 0 aliphatic carbocycles. The average Bonchev–Trinajstić information content (AvgIpc) is 2.58. The third-order valence-corrected chi connectivity index (χ3v) is 26.7. The number of hydrogen-bond donors (Lipinski definition) is 0. The Morgan fingerprint density at radius 1 is 0.375 bits per heavy atom. The van der Waals surface area contributed by atoms with Crippen LogP contribution in [0.1, 0.15) is 83.1 Å². The van der Waals surface area contributed by atoms with Crippen LogP contribution in [0.25, 0.3) is 0 Å². The summed E-state index contributed by atoms with van der Waals surface area (Å²) in [5.74, 6) is 0. The van der Waals surface area contributed by atoms with Gasteiger partial charge in [0.25, 0.3) is 0 Å². The maximum atomic E-state index is 7.29. The first kappa shape index (κ1) is 29.7. The van der Waals surface area contributed by atoms with Crippen LogP contribution in [0.4, 0.5) is 0 Å². The van der Waals surface area contributed by atoms with E-state index in [1.54, 1.807) is 0 Å². The SMILES string of the molecule is C=C[Si]1(C(C)(C)C)O[Si](C=C)(C(C)(C)C)O[Si](C=C)(C(C)(C)C)O[Si](C=C)(C(C)(C)C)O1. The van der Waals surface area contributed by atoms with Crippen molar-refractivity contribution >= 4 is 34.2 Å². The second-order valence-corrected chi connectivity index (χ2v) is 29.1. The molecule has 0 unspecified atom stereocenters. The Bertz CT molecular complexity index is 612. The first-order chi connectivity index (χ1) is 14.1. The molecule has 0 atom stereocenters. The Labute approximate surface area is 202 Å². The van der Waals surface area contributed by atoms with Crippen molar-refractivity contribution in [2.75, 3.05) is 0 Å². The van der Waals surface area contributed by atoms with Gasteiger partial charge in [-0.2, -0.15) is 0 Å². The van der Waals surface area contributed by atoms with E-state index in [0.717, 1.165) is 0 Å². The molecule has 0 N–H and O–H groups in total. The van der Waals surface area contributed by atoms with Crippen LogP contribution in [-0.4, -0.2) is 34.2 Å². The van der Waals surface area contributed by atoms with E-state index in [1.165, 1.54) is 0 Å². The highest BCUT2D eigenvalue weighted by Crippen LogP contribution is 2.56. The Morgan fingerprint density at radius 2 is 0.500 bits per heavy atom. The second-order valence-electron chi connectivity index (χ2n) is 12.9. The summed E-state index contributed by atoms with van der Waals surface area (Å²) in [5, 5.41) is -1.29. The molecule has 0 saturated carbocycles. The zero-order valence-corrected chi connectivity index (χ0v) is 26.8. The molecular weight excluding hydrogens is 465 g/mol. The monoisotopic (exact) mass is 512 g/mol. The summed E-state index contributed by atoms with van der Waals surface area (Å²) < 4.78 is 29.2. The molecule has 4 nitrogen and oxygen atoms in total. The lowest BCUT2D eigenvalue weighted by atomic mass is 10.2. The first-order valence-corrected chi connectivity index (χ1v) is 19.0. The molecule has 0 aromatic rings. The van der Waals surface area contributed by atoms with E-state index in [0.29, 0.717) is 0 Å². The van der Waals surface area contributed by atoms with Gasteiger partial charge in [-0.1, -0.05) is 106 Å². The smallest absolute Gasteiger partial charge is 0.352 e. The topological polar surface area (TPSA) is 36.9 Å². The van der Waals surface area contributed by atoms with Crippen LogP contribution in [0.15, 0.2) is 49.1 Å². The van der Waals surface area contributed by atoms with E-state index in [1.807, 2.05) is 22.8 Å². The van der Waals surface area contributed by atoms with Crippen LogP contribution in [0.5, 0.6) is 0 Å². The van der Waals surface area contributed by atoms with Crippen LogP contribution >= 0.6 is 0 Å². The minimum atomic E-state index is -3.12. The summed E-state index contributed by atoms with van der Waals surface area (Å²) in [7, 11) is -12.5. The van der Waals surface area contributed by atoms with Crippen molar-refractivity contribution in [3.05, 3.63) is 49.1 Å². The van der Waals surface area contributed by atoms with E-state index in [2.05, 4.69) is 109 Å². The van der Waals surface area contributed by atoms with E-state index >= 15 is 0 Å². The molecule has 1 aliphatic rings. The van der Waals surface area contributed by atoms with Gasteiger partial charge in [-0.05, 0) is 0 Å². The molecule has 1 heterocycles. The van der Waals surface area contributed by atoms with Crippen molar-refractivity contribution in [3.8, 4) is 0 Å². The molecule has 0 aromatic carbocycles. The van der Waals surface area contributed by atoms with E-state index in [9.17, 15) is 0 Å². The van der Waals surface area contributed by atoms with Crippen molar-refractivity contribution < 1.29 is 16.5 Å². The minimum Gasteiger partial charge on any atom is -0.409 e. The lowest BCUT2D eigenvalue weighted by molar-refractivity contribution is 0.185. The molecule has 1 fully saturated rings. The molecule has 0 aromatic heterocycles. The molecule has 1 aliphatic heterocycles. The third kappa shape index (κ3) is 4.75. The van der Waals surface area contributed by atoms with E-state index < -0.39 is 34.2 Å². The van der Waals surface area contributed by atoms with Crippen molar-refractivity contribution in [2.24, 2.45) is 0 Å². The predicted octanol–water partition coefficient (Wildman–Crippen LogP) is 7.94. The van der Waals surface area contributed by atoms with Crippen molar-refractivity contribution in [3.63, 3.8) is 0 Å². The molecule has 184 valence electrons. The number of rotatable bonds is 4. The first-order valence-electron chi connectivity index (χ1n) is 11.4. The fraction of sp³-hybridized carbons (Fsp3) is 0.667. The summed E-state index contributed by atoms with van der Waals surface area (Å²) in [5.41, 5.74) is 7.64. The summed E-state index contributed by atoms with van der Waals surface area (Å²) in [6, 6.07) is 0. The predicted molar refractivity (Wildman–Crippen MR) is 147 cm³/mol. The van der Waals surface area contributed by atoms with E-state index in [4.69, 9.17) is 16.5 Å². The molecule has 1 saturated heterocycles. The van der Waals surface area contributed by atoms with Gasteiger partial charge >= 0.3 is 34.2 Å². The Balaban J connectivity index is 4.21. The zero-order valence-electron chi connectivity index (χ0n) is 22.8.